The highest BCUT2D eigenvalue weighted by Gasteiger charge is 2.35. The molecule has 8 nitrogen and oxygen atoms in total. The molecule has 0 aromatic carbocycles. The predicted octanol–water partition coefficient (Wildman–Crippen LogP) is -1.23. The van der Waals surface area contributed by atoms with Gasteiger partial charge in [0.2, 0.25) is 0 Å². The van der Waals surface area contributed by atoms with E-state index in [0.717, 1.165) is 0 Å². The Bertz CT molecular complexity index is 664. The second kappa shape index (κ2) is 4.41. The fourth-order valence-electron chi connectivity index (χ4n) is 2.28. The molecular weight excluding hydrogens is 252 g/mol. The van der Waals surface area contributed by atoms with Crippen molar-refractivity contribution in [3.8, 4) is 0 Å². The van der Waals surface area contributed by atoms with Crippen LogP contribution in [0, 0.1) is 0 Å². The molecule has 1 aliphatic heterocycles. The van der Waals surface area contributed by atoms with Gasteiger partial charge in [0.05, 0.1) is 25.4 Å². The van der Waals surface area contributed by atoms with Crippen LogP contribution in [0.25, 0.3) is 11.2 Å². The number of imidazole rings is 1. The van der Waals surface area contributed by atoms with E-state index in [4.69, 9.17) is 9.84 Å². The number of aryl methyl sites for hydroxylation is 1. The second-order valence-corrected chi connectivity index (χ2v) is 4.62. The van der Waals surface area contributed by atoms with E-state index in [1.807, 2.05) is 0 Å². The van der Waals surface area contributed by atoms with Crippen molar-refractivity contribution in [3.63, 3.8) is 0 Å². The van der Waals surface area contributed by atoms with Crippen molar-refractivity contribution in [2.24, 2.45) is 7.05 Å². The van der Waals surface area contributed by atoms with Crippen LogP contribution in [0.15, 0.2) is 17.4 Å². The maximum Gasteiger partial charge on any atom is 0.281 e. The third-order valence-corrected chi connectivity index (χ3v) is 3.29. The van der Waals surface area contributed by atoms with Gasteiger partial charge >= 0.3 is 0 Å². The number of hydrogen-bond donors (Lipinski definition) is 2. The van der Waals surface area contributed by atoms with Gasteiger partial charge in [-0.1, -0.05) is 0 Å². The summed E-state index contributed by atoms with van der Waals surface area (Å²) in [5.41, 5.74) is 0.342. The minimum Gasteiger partial charge on any atom is -0.394 e. The Balaban J connectivity index is 2.07. The molecule has 1 fully saturated rings. The van der Waals surface area contributed by atoms with Crippen LogP contribution in [-0.4, -0.2) is 48.1 Å². The van der Waals surface area contributed by atoms with Crippen LogP contribution >= 0.6 is 0 Å². The molecule has 0 spiro atoms. The summed E-state index contributed by atoms with van der Waals surface area (Å²) in [6.07, 6.45) is 1.30. The molecule has 8 heteroatoms. The Morgan fingerprint density at radius 3 is 2.95 bits per heavy atom. The van der Waals surface area contributed by atoms with Crippen LogP contribution in [0.4, 0.5) is 0 Å². The summed E-state index contributed by atoms with van der Waals surface area (Å²) >= 11 is 0. The molecule has 2 aromatic heterocycles. The van der Waals surface area contributed by atoms with Crippen molar-refractivity contribution in [3.05, 3.63) is 23.0 Å². The molecule has 0 radical (unpaired) electrons. The molecule has 102 valence electrons. The first kappa shape index (κ1) is 12.3. The second-order valence-electron chi connectivity index (χ2n) is 4.62. The lowest BCUT2D eigenvalue weighted by Gasteiger charge is -2.16. The first-order valence-electron chi connectivity index (χ1n) is 5.94. The number of rotatable bonds is 2. The zero-order valence-electron chi connectivity index (χ0n) is 10.3. The number of ether oxygens (including phenoxy) is 1. The van der Waals surface area contributed by atoms with Crippen molar-refractivity contribution in [2.75, 3.05) is 6.61 Å². The lowest BCUT2D eigenvalue weighted by molar-refractivity contribution is -0.0487. The molecule has 19 heavy (non-hydrogen) atoms. The Labute approximate surface area is 107 Å². The summed E-state index contributed by atoms with van der Waals surface area (Å²) in [5.74, 6) is 0. The summed E-state index contributed by atoms with van der Waals surface area (Å²) in [7, 11) is 1.59. The Morgan fingerprint density at radius 1 is 1.47 bits per heavy atom. The van der Waals surface area contributed by atoms with E-state index in [1.165, 1.54) is 21.8 Å². The van der Waals surface area contributed by atoms with Gasteiger partial charge in [-0.25, -0.2) is 9.97 Å². The van der Waals surface area contributed by atoms with E-state index in [9.17, 15) is 9.90 Å². The van der Waals surface area contributed by atoms with Gasteiger partial charge in [-0.05, 0) is 0 Å². The smallest absolute Gasteiger partial charge is 0.281 e. The van der Waals surface area contributed by atoms with Gasteiger partial charge in [0.15, 0.2) is 17.4 Å². The summed E-state index contributed by atoms with van der Waals surface area (Å²) in [4.78, 5) is 20.0. The van der Waals surface area contributed by atoms with Crippen molar-refractivity contribution < 1.29 is 14.9 Å². The normalized spacial score (nSPS) is 27.2. The van der Waals surface area contributed by atoms with Crippen LogP contribution in [-0.2, 0) is 11.8 Å². The molecule has 3 rings (SSSR count). The first-order valence-corrected chi connectivity index (χ1v) is 5.94. The number of aliphatic hydroxyl groups is 2. The fraction of sp³-hybridized carbons (Fsp3) is 0.545. The van der Waals surface area contributed by atoms with Gasteiger partial charge in [0, 0.05) is 13.5 Å². The molecule has 3 heterocycles. The van der Waals surface area contributed by atoms with E-state index >= 15 is 0 Å². The van der Waals surface area contributed by atoms with Crippen molar-refractivity contribution in [1.29, 1.82) is 0 Å². The van der Waals surface area contributed by atoms with Crippen molar-refractivity contribution >= 4 is 11.2 Å². The van der Waals surface area contributed by atoms with Crippen molar-refractivity contribution in [2.45, 2.75) is 24.9 Å². The SMILES string of the molecule is Cn1cnc2c(ncn2[C@@H]2O[C@H](CO)C[C@H]2O)c1=O. The van der Waals surface area contributed by atoms with Gasteiger partial charge < -0.3 is 19.5 Å². The Morgan fingerprint density at radius 2 is 2.26 bits per heavy atom. The van der Waals surface area contributed by atoms with Crippen LogP contribution in [0.1, 0.15) is 12.6 Å². The topological polar surface area (TPSA) is 102 Å². The van der Waals surface area contributed by atoms with Gasteiger partial charge in [-0.2, -0.15) is 0 Å². The molecule has 0 bridgehead atoms. The van der Waals surface area contributed by atoms with Gasteiger partial charge in [0.1, 0.15) is 6.10 Å². The molecule has 0 aliphatic carbocycles. The van der Waals surface area contributed by atoms with E-state index in [1.54, 1.807) is 7.05 Å². The number of aliphatic hydroxyl groups excluding tert-OH is 2. The van der Waals surface area contributed by atoms with Crippen LogP contribution < -0.4 is 5.56 Å². The van der Waals surface area contributed by atoms with Crippen LogP contribution in [0.3, 0.4) is 0 Å². The van der Waals surface area contributed by atoms with Gasteiger partial charge in [-0.15, -0.1) is 0 Å². The third-order valence-electron chi connectivity index (χ3n) is 3.29. The first-order chi connectivity index (χ1) is 9.11. The zero-order valence-corrected chi connectivity index (χ0v) is 10.3. The molecule has 1 aliphatic rings. The minimum atomic E-state index is -0.764. The Hall–Kier alpha value is -1.77. The molecule has 0 amide bonds. The van der Waals surface area contributed by atoms with Gasteiger partial charge in [0.25, 0.3) is 5.56 Å². The number of fused-ring (bicyclic) bond motifs is 1. The Kier molecular flexibility index (Phi) is 2.85. The largest absolute Gasteiger partial charge is 0.394 e. The highest BCUT2D eigenvalue weighted by atomic mass is 16.5. The molecule has 2 aromatic rings. The van der Waals surface area contributed by atoms with Crippen LogP contribution in [0.2, 0.25) is 0 Å². The maximum absolute atomic E-state index is 11.9. The minimum absolute atomic E-state index is 0.157. The number of aromatic nitrogens is 4. The quantitative estimate of drug-likeness (QED) is 0.705. The average molecular weight is 266 g/mol. The van der Waals surface area contributed by atoms with Crippen molar-refractivity contribution in [1.82, 2.24) is 19.1 Å². The maximum atomic E-state index is 11.9. The van der Waals surface area contributed by atoms with E-state index in [2.05, 4.69) is 9.97 Å². The van der Waals surface area contributed by atoms with E-state index < -0.39 is 18.4 Å². The lowest BCUT2D eigenvalue weighted by Crippen LogP contribution is -2.21. The van der Waals surface area contributed by atoms with E-state index in [0.29, 0.717) is 12.1 Å². The van der Waals surface area contributed by atoms with E-state index in [-0.39, 0.29) is 17.7 Å². The highest BCUT2D eigenvalue weighted by molar-refractivity contribution is 5.69. The standard InChI is InChI=1S/C11H14N4O4/c1-14-4-13-9-8(10(14)18)12-5-15(9)11-7(17)2-6(3-16)19-11/h4-7,11,16-17H,2-3H2,1H3/t6-,7+,11+/m0/s1. The van der Waals surface area contributed by atoms with Crippen LogP contribution in [0.5, 0.6) is 0 Å². The average Bonchev–Trinajstić information content (AvgIpc) is 2.97. The number of nitrogens with zero attached hydrogens (tertiary/aromatic N) is 4. The molecule has 0 unspecified atom stereocenters. The van der Waals surface area contributed by atoms with Gasteiger partial charge in [-0.3, -0.25) is 9.36 Å². The number of hydrogen-bond acceptors (Lipinski definition) is 6. The highest BCUT2D eigenvalue weighted by Crippen LogP contribution is 2.30. The lowest BCUT2D eigenvalue weighted by atomic mass is 10.2. The summed E-state index contributed by atoms with van der Waals surface area (Å²) in [5, 5.41) is 19.0. The molecule has 0 saturated carbocycles. The molecular formula is C11H14N4O4. The monoisotopic (exact) mass is 266 g/mol. The summed E-state index contributed by atoms with van der Waals surface area (Å²) < 4.78 is 8.38. The zero-order chi connectivity index (χ0) is 13.6. The molecule has 3 atom stereocenters. The molecule has 2 N–H and O–H groups in total. The predicted molar refractivity (Wildman–Crippen MR) is 64.4 cm³/mol. The fourth-order valence-corrected chi connectivity index (χ4v) is 2.28. The molecule has 1 saturated heterocycles. The summed E-state index contributed by atoms with van der Waals surface area (Å²) in [6, 6.07) is 0. The summed E-state index contributed by atoms with van der Waals surface area (Å²) in [6.45, 7) is -0.157. The third kappa shape index (κ3) is 1.84.